The number of ether oxygens (including phenoxy) is 4. The van der Waals surface area contributed by atoms with Crippen LogP contribution in [0.3, 0.4) is 0 Å². The standard InChI is InChI=1S/C23H24N2O4/c1-2-26-19-6-8-20(9-7-19)29-22-14-17(10-11-25-22)15-24-16-18-4-3-5-21-23(18)28-13-12-27-21/h3-11,14,24H,2,12-13,15-16H2,1H3. The lowest BCUT2D eigenvalue weighted by Crippen LogP contribution is -2.19. The predicted octanol–water partition coefficient (Wildman–Crippen LogP) is 4.33. The van der Waals surface area contributed by atoms with Gasteiger partial charge in [-0.1, -0.05) is 12.1 Å². The molecule has 1 aliphatic rings. The first kappa shape index (κ1) is 19.1. The summed E-state index contributed by atoms with van der Waals surface area (Å²) in [6.07, 6.45) is 1.75. The van der Waals surface area contributed by atoms with Crippen LogP contribution in [0, 0.1) is 0 Å². The van der Waals surface area contributed by atoms with Crippen molar-refractivity contribution in [3.8, 4) is 28.9 Å². The molecule has 0 saturated heterocycles. The van der Waals surface area contributed by atoms with Crippen molar-refractivity contribution in [3.63, 3.8) is 0 Å². The Hall–Kier alpha value is -3.25. The van der Waals surface area contributed by atoms with E-state index in [0.717, 1.165) is 34.1 Å². The van der Waals surface area contributed by atoms with E-state index in [2.05, 4.69) is 10.3 Å². The zero-order chi connectivity index (χ0) is 19.9. The number of para-hydroxylation sites is 1. The molecular formula is C23H24N2O4. The lowest BCUT2D eigenvalue weighted by Gasteiger charge is -2.21. The molecule has 0 saturated carbocycles. The normalized spacial score (nSPS) is 12.4. The lowest BCUT2D eigenvalue weighted by molar-refractivity contribution is 0.169. The molecule has 2 aromatic carbocycles. The molecule has 6 heteroatoms. The van der Waals surface area contributed by atoms with Crippen LogP contribution in [0.1, 0.15) is 18.1 Å². The highest BCUT2D eigenvalue weighted by Crippen LogP contribution is 2.33. The first-order valence-corrected chi connectivity index (χ1v) is 9.75. The second-order valence-electron chi connectivity index (χ2n) is 6.55. The Morgan fingerprint density at radius 3 is 2.66 bits per heavy atom. The van der Waals surface area contributed by atoms with Crippen LogP contribution in [-0.2, 0) is 13.1 Å². The Kier molecular flexibility index (Phi) is 6.12. The van der Waals surface area contributed by atoms with E-state index in [1.54, 1.807) is 6.20 Å². The van der Waals surface area contributed by atoms with Gasteiger partial charge in [-0.3, -0.25) is 0 Å². The minimum absolute atomic E-state index is 0.558. The molecule has 6 nitrogen and oxygen atoms in total. The number of hydrogen-bond donors (Lipinski definition) is 1. The fraction of sp³-hybridized carbons (Fsp3) is 0.261. The van der Waals surface area contributed by atoms with Gasteiger partial charge < -0.3 is 24.3 Å². The van der Waals surface area contributed by atoms with Gasteiger partial charge in [-0.2, -0.15) is 0 Å². The van der Waals surface area contributed by atoms with Gasteiger partial charge in [0.15, 0.2) is 11.5 Å². The summed E-state index contributed by atoms with van der Waals surface area (Å²) >= 11 is 0. The fourth-order valence-corrected chi connectivity index (χ4v) is 3.12. The molecule has 0 amide bonds. The van der Waals surface area contributed by atoms with Crippen molar-refractivity contribution in [2.75, 3.05) is 19.8 Å². The smallest absolute Gasteiger partial charge is 0.219 e. The molecule has 0 fully saturated rings. The number of nitrogens with zero attached hydrogens (tertiary/aromatic N) is 1. The van der Waals surface area contributed by atoms with Gasteiger partial charge in [-0.15, -0.1) is 0 Å². The van der Waals surface area contributed by atoms with E-state index in [1.807, 2.05) is 61.5 Å². The van der Waals surface area contributed by atoms with Crippen LogP contribution in [0.5, 0.6) is 28.9 Å². The van der Waals surface area contributed by atoms with Crippen LogP contribution in [0.15, 0.2) is 60.8 Å². The summed E-state index contributed by atoms with van der Waals surface area (Å²) in [5, 5.41) is 3.45. The molecule has 150 valence electrons. The molecule has 0 atom stereocenters. The van der Waals surface area contributed by atoms with Crippen molar-refractivity contribution in [3.05, 3.63) is 71.9 Å². The number of benzene rings is 2. The summed E-state index contributed by atoms with van der Waals surface area (Å²) in [4.78, 5) is 4.30. The monoisotopic (exact) mass is 392 g/mol. The number of aromatic nitrogens is 1. The van der Waals surface area contributed by atoms with Crippen molar-refractivity contribution < 1.29 is 18.9 Å². The van der Waals surface area contributed by atoms with Crippen molar-refractivity contribution >= 4 is 0 Å². The van der Waals surface area contributed by atoms with E-state index < -0.39 is 0 Å². The Labute approximate surface area is 170 Å². The van der Waals surface area contributed by atoms with E-state index in [9.17, 15) is 0 Å². The number of fused-ring (bicyclic) bond motifs is 1. The Morgan fingerprint density at radius 1 is 0.966 bits per heavy atom. The van der Waals surface area contributed by atoms with Crippen LogP contribution in [-0.4, -0.2) is 24.8 Å². The van der Waals surface area contributed by atoms with Crippen LogP contribution >= 0.6 is 0 Å². The van der Waals surface area contributed by atoms with Gasteiger partial charge in [0.2, 0.25) is 5.88 Å². The second-order valence-corrected chi connectivity index (χ2v) is 6.55. The first-order chi connectivity index (χ1) is 14.3. The number of pyridine rings is 1. The summed E-state index contributed by atoms with van der Waals surface area (Å²) in [6, 6.07) is 17.4. The van der Waals surface area contributed by atoms with E-state index in [-0.39, 0.29) is 0 Å². The van der Waals surface area contributed by atoms with Crippen molar-refractivity contribution in [1.29, 1.82) is 0 Å². The molecule has 0 radical (unpaired) electrons. The maximum Gasteiger partial charge on any atom is 0.219 e. The largest absolute Gasteiger partial charge is 0.494 e. The summed E-state index contributed by atoms with van der Waals surface area (Å²) in [5.41, 5.74) is 2.17. The molecule has 3 aromatic rings. The van der Waals surface area contributed by atoms with Gasteiger partial charge >= 0.3 is 0 Å². The third-order valence-corrected chi connectivity index (χ3v) is 4.45. The molecular weight excluding hydrogens is 368 g/mol. The SMILES string of the molecule is CCOc1ccc(Oc2cc(CNCc3cccc4c3OCCO4)ccn2)cc1. The molecule has 1 aromatic heterocycles. The highest BCUT2D eigenvalue weighted by molar-refractivity contribution is 5.47. The number of rotatable bonds is 8. The molecule has 4 rings (SSSR count). The van der Waals surface area contributed by atoms with E-state index in [4.69, 9.17) is 18.9 Å². The van der Waals surface area contributed by atoms with Crippen LogP contribution in [0.4, 0.5) is 0 Å². The zero-order valence-corrected chi connectivity index (χ0v) is 16.4. The Morgan fingerprint density at radius 2 is 1.79 bits per heavy atom. The van der Waals surface area contributed by atoms with Gasteiger partial charge in [0.1, 0.15) is 24.7 Å². The van der Waals surface area contributed by atoms with Gasteiger partial charge in [-0.25, -0.2) is 4.98 Å². The average Bonchev–Trinajstić information content (AvgIpc) is 2.76. The van der Waals surface area contributed by atoms with Gasteiger partial charge in [0, 0.05) is 30.9 Å². The van der Waals surface area contributed by atoms with Gasteiger partial charge in [0.25, 0.3) is 0 Å². The highest BCUT2D eigenvalue weighted by Gasteiger charge is 2.15. The molecule has 2 heterocycles. The van der Waals surface area contributed by atoms with Crippen LogP contribution in [0.25, 0.3) is 0 Å². The minimum Gasteiger partial charge on any atom is -0.494 e. The van der Waals surface area contributed by atoms with Crippen molar-refractivity contribution in [2.45, 2.75) is 20.0 Å². The molecule has 0 aliphatic carbocycles. The topological polar surface area (TPSA) is 61.8 Å². The molecule has 1 aliphatic heterocycles. The predicted molar refractivity (Wildman–Crippen MR) is 110 cm³/mol. The third kappa shape index (κ3) is 4.97. The maximum atomic E-state index is 5.86. The van der Waals surface area contributed by atoms with Gasteiger partial charge in [0.05, 0.1) is 6.61 Å². The Balaban J connectivity index is 1.34. The molecule has 0 bridgehead atoms. The van der Waals surface area contributed by atoms with Crippen molar-refractivity contribution in [1.82, 2.24) is 10.3 Å². The first-order valence-electron chi connectivity index (χ1n) is 9.75. The summed E-state index contributed by atoms with van der Waals surface area (Å²) in [5.74, 6) is 3.75. The summed E-state index contributed by atoms with van der Waals surface area (Å²) in [6.45, 7) is 5.15. The quantitative estimate of drug-likeness (QED) is 0.616. The van der Waals surface area contributed by atoms with E-state index >= 15 is 0 Å². The zero-order valence-electron chi connectivity index (χ0n) is 16.4. The van der Waals surface area contributed by atoms with Crippen molar-refractivity contribution in [2.24, 2.45) is 0 Å². The average molecular weight is 392 g/mol. The van der Waals surface area contributed by atoms with E-state index in [1.165, 1.54) is 0 Å². The highest BCUT2D eigenvalue weighted by atomic mass is 16.6. The van der Waals surface area contributed by atoms with Crippen LogP contribution in [0.2, 0.25) is 0 Å². The van der Waals surface area contributed by atoms with Gasteiger partial charge in [-0.05, 0) is 48.9 Å². The lowest BCUT2D eigenvalue weighted by atomic mass is 10.1. The summed E-state index contributed by atoms with van der Waals surface area (Å²) in [7, 11) is 0. The number of nitrogens with one attached hydrogen (secondary N) is 1. The minimum atomic E-state index is 0.558. The summed E-state index contributed by atoms with van der Waals surface area (Å²) < 4.78 is 22.7. The Bertz CT molecular complexity index is 944. The third-order valence-electron chi connectivity index (χ3n) is 4.45. The second kappa shape index (κ2) is 9.30. The molecule has 0 spiro atoms. The van der Waals surface area contributed by atoms with E-state index in [0.29, 0.717) is 38.8 Å². The fourth-order valence-electron chi connectivity index (χ4n) is 3.12. The molecule has 1 N–H and O–H groups in total. The van der Waals surface area contributed by atoms with Crippen LogP contribution < -0.4 is 24.3 Å². The molecule has 29 heavy (non-hydrogen) atoms. The number of hydrogen-bond acceptors (Lipinski definition) is 6. The molecule has 0 unspecified atom stereocenters. The maximum absolute atomic E-state index is 5.86.